The van der Waals surface area contributed by atoms with Crippen molar-refractivity contribution in [1.82, 2.24) is 24.6 Å². The summed E-state index contributed by atoms with van der Waals surface area (Å²) in [6.07, 6.45) is 0. The van der Waals surface area contributed by atoms with Gasteiger partial charge in [0.1, 0.15) is 16.9 Å². The van der Waals surface area contributed by atoms with E-state index in [0.29, 0.717) is 17.5 Å². The fourth-order valence-electron chi connectivity index (χ4n) is 7.86. The highest BCUT2D eigenvalue weighted by molar-refractivity contribution is 6.12. The molecular weight excluding hydrogens is 687 g/mol. The average molecular weight is 718 g/mol. The van der Waals surface area contributed by atoms with Crippen molar-refractivity contribution < 1.29 is 4.42 Å². The Morgan fingerprint density at radius 1 is 0.411 bits per heavy atom. The van der Waals surface area contributed by atoms with Crippen LogP contribution >= 0.6 is 0 Å². The third-order valence-corrected chi connectivity index (χ3v) is 10.5. The molecular formula is C50H31N5O. The maximum absolute atomic E-state index is 6.24. The van der Waals surface area contributed by atoms with Crippen LogP contribution in [0.25, 0.3) is 106 Å². The van der Waals surface area contributed by atoms with Gasteiger partial charge in [0.15, 0.2) is 17.5 Å². The highest BCUT2D eigenvalue weighted by atomic mass is 16.3. The summed E-state index contributed by atoms with van der Waals surface area (Å²) in [4.78, 5) is 15.2. The van der Waals surface area contributed by atoms with E-state index in [1.807, 2.05) is 66.7 Å². The molecule has 0 bridgehead atoms. The van der Waals surface area contributed by atoms with Crippen LogP contribution in [0.1, 0.15) is 0 Å². The molecule has 6 heteroatoms. The minimum absolute atomic E-state index is 0.588. The molecule has 0 atom stereocenters. The lowest BCUT2D eigenvalue weighted by molar-refractivity contribution is 0.669. The second-order valence-corrected chi connectivity index (χ2v) is 13.9. The number of hydrogen-bond donors (Lipinski definition) is 0. The van der Waals surface area contributed by atoms with E-state index in [4.69, 9.17) is 24.5 Å². The summed E-state index contributed by atoms with van der Waals surface area (Å²) < 4.78 is 8.36. The monoisotopic (exact) mass is 717 g/mol. The molecule has 11 aromatic rings. The van der Waals surface area contributed by atoms with Crippen LogP contribution in [0.2, 0.25) is 0 Å². The second-order valence-electron chi connectivity index (χ2n) is 13.9. The third-order valence-electron chi connectivity index (χ3n) is 10.5. The van der Waals surface area contributed by atoms with Crippen molar-refractivity contribution in [1.29, 1.82) is 0 Å². The molecule has 7 aromatic carbocycles. The Hall–Kier alpha value is -7.70. The number of aromatic nitrogens is 5. The van der Waals surface area contributed by atoms with Gasteiger partial charge in [-0.05, 0) is 29.1 Å². The van der Waals surface area contributed by atoms with Gasteiger partial charge in [0, 0.05) is 49.5 Å². The highest BCUT2D eigenvalue weighted by Crippen LogP contribution is 2.41. The zero-order valence-corrected chi connectivity index (χ0v) is 30.0. The van der Waals surface area contributed by atoms with Gasteiger partial charge in [0.05, 0.1) is 11.2 Å². The highest BCUT2D eigenvalue weighted by Gasteiger charge is 2.22. The van der Waals surface area contributed by atoms with E-state index < -0.39 is 0 Å². The number of benzene rings is 7. The number of pyridine rings is 1. The van der Waals surface area contributed by atoms with Crippen molar-refractivity contribution in [2.75, 3.05) is 0 Å². The van der Waals surface area contributed by atoms with Crippen LogP contribution in [0.3, 0.4) is 0 Å². The molecule has 262 valence electrons. The molecule has 6 nitrogen and oxygen atoms in total. The Morgan fingerprint density at radius 2 is 0.964 bits per heavy atom. The molecule has 4 aromatic heterocycles. The molecule has 0 fully saturated rings. The summed E-state index contributed by atoms with van der Waals surface area (Å²) >= 11 is 0. The Balaban J connectivity index is 1.10. The second kappa shape index (κ2) is 13.0. The molecule has 4 heterocycles. The first-order chi connectivity index (χ1) is 27.8. The zero-order valence-electron chi connectivity index (χ0n) is 30.0. The molecule has 0 radical (unpaired) electrons. The summed E-state index contributed by atoms with van der Waals surface area (Å²) in [5.74, 6) is 1.78. The normalized spacial score (nSPS) is 11.6. The van der Waals surface area contributed by atoms with E-state index in [-0.39, 0.29) is 0 Å². The number of hydrogen-bond acceptors (Lipinski definition) is 5. The van der Waals surface area contributed by atoms with E-state index >= 15 is 0 Å². The van der Waals surface area contributed by atoms with Gasteiger partial charge >= 0.3 is 0 Å². The smallest absolute Gasteiger partial charge is 0.164 e. The van der Waals surface area contributed by atoms with Crippen LogP contribution in [-0.4, -0.2) is 24.6 Å². The first kappa shape index (κ1) is 31.8. The molecule has 0 aliphatic carbocycles. The van der Waals surface area contributed by atoms with Crippen molar-refractivity contribution in [2.24, 2.45) is 0 Å². The standard InChI is InChI=1S/C50H31N5O/c1-4-15-33(16-5-1)44-46(34-17-6-2-7-18-34)54-55-41(31-37-21-10-11-22-38(37)47(44)55)32-27-29-36(30-28-32)49-51-48(35-19-8-3-9-20-35)52-50(53-49)40-24-14-26-43-45(40)39-23-12-13-25-42(39)56-43/h1-31H. The first-order valence-electron chi connectivity index (χ1n) is 18.7. The van der Waals surface area contributed by atoms with Crippen molar-refractivity contribution in [3.8, 4) is 67.8 Å². The van der Waals surface area contributed by atoms with Crippen LogP contribution in [0.15, 0.2) is 192 Å². The molecule has 56 heavy (non-hydrogen) atoms. The number of rotatable bonds is 6. The van der Waals surface area contributed by atoms with Gasteiger partial charge < -0.3 is 4.42 Å². The van der Waals surface area contributed by atoms with Gasteiger partial charge in [-0.15, -0.1) is 0 Å². The topological polar surface area (TPSA) is 69.1 Å². The van der Waals surface area contributed by atoms with Gasteiger partial charge in [0.2, 0.25) is 0 Å². The lowest BCUT2D eigenvalue weighted by Gasteiger charge is -2.12. The first-order valence-corrected chi connectivity index (χ1v) is 18.7. The molecule has 0 unspecified atom stereocenters. The van der Waals surface area contributed by atoms with Gasteiger partial charge in [-0.25, -0.2) is 19.5 Å². The Labute approximate surface area is 322 Å². The van der Waals surface area contributed by atoms with Gasteiger partial charge in [-0.3, -0.25) is 0 Å². The van der Waals surface area contributed by atoms with Gasteiger partial charge in [-0.2, -0.15) is 5.10 Å². The summed E-state index contributed by atoms with van der Waals surface area (Å²) in [6.45, 7) is 0. The Bertz CT molecular complexity index is 3230. The van der Waals surface area contributed by atoms with E-state index in [1.165, 1.54) is 0 Å². The SMILES string of the molecule is c1ccc(-c2nc(-c3ccc(-c4cc5ccccc5c5c(-c6ccccc6)c(-c6ccccc6)nn45)cc3)nc(-c3cccc4oc5ccccc5c34)n2)cc1. The van der Waals surface area contributed by atoms with E-state index in [1.54, 1.807) is 0 Å². The summed E-state index contributed by atoms with van der Waals surface area (Å²) in [6, 6.07) is 64.5. The summed E-state index contributed by atoms with van der Waals surface area (Å²) in [5.41, 5.74) is 11.6. The van der Waals surface area contributed by atoms with Crippen molar-refractivity contribution >= 4 is 38.2 Å². The largest absolute Gasteiger partial charge is 0.456 e. The van der Waals surface area contributed by atoms with Crippen LogP contribution in [0.5, 0.6) is 0 Å². The molecule has 0 saturated heterocycles. The fourth-order valence-corrected chi connectivity index (χ4v) is 7.86. The average Bonchev–Trinajstić information content (AvgIpc) is 3.87. The predicted octanol–water partition coefficient (Wildman–Crippen LogP) is 12.6. The lowest BCUT2D eigenvalue weighted by atomic mass is 9.97. The third kappa shape index (κ3) is 5.27. The van der Waals surface area contributed by atoms with Gasteiger partial charge in [-0.1, -0.05) is 170 Å². The Morgan fingerprint density at radius 3 is 1.70 bits per heavy atom. The molecule has 0 spiro atoms. The Kier molecular flexibility index (Phi) is 7.38. The van der Waals surface area contributed by atoms with Gasteiger partial charge in [0.25, 0.3) is 0 Å². The fraction of sp³-hybridized carbons (Fsp3) is 0. The van der Waals surface area contributed by atoms with E-state index in [2.05, 4.69) is 126 Å². The molecule has 0 saturated carbocycles. The zero-order chi connectivity index (χ0) is 37.0. The molecule has 0 aliphatic heterocycles. The number of furan rings is 1. The van der Waals surface area contributed by atoms with Crippen molar-refractivity contribution in [3.63, 3.8) is 0 Å². The van der Waals surface area contributed by atoms with Crippen molar-refractivity contribution in [2.45, 2.75) is 0 Å². The van der Waals surface area contributed by atoms with Crippen LogP contribution in [0.4, 0.5) is 0 Å². The summed E-state index contributed by atoms with van der Waals surface area (Å²) in [5, 5.41) is 9.68. The quantitative estimate of drug-likeness (QED) is 0.171. The lowest BCUT2D eigenvalue weighted by Crippen LogP contribution is -2.00. The van der Waals surface area contributed by atoms with E-state index in [9.17, 15) is 0 Å². The maximum atomic E-state index is 6.24. The number of para-hydroxylation sites is 1. The minimum Gasteiger partial charge on any atom is -0.456 e. The van der Waals surface area contributed by atoms with Crippen LogP contribution in [0, 0.1) is 0 Å². The molecule has 0 amide bonds. The maximum Gasteiger partial charge on any atom is 0.164 e. The van der Waals surface area contributed by atoms with Crippen LogP contribution < -0.4 is 0 Å². The van der Waals surface area contributed by atoms with E-state index in [0.717, 1.165) is 88.6 Å². The predicted molar refractivity (Wildman–Crippen MR) is 226 cm³/mol. The number of nitrogens with zero attached hydrogens (tertiary/aromatic N) is 5. The molecule has 11 rings (SSSR count). The van der Waals surface area contributed by atoms with Crippen LogP contribution in [-0.2, 0) is 0 Å². The molecule has 0 aliphatic rings. The van der Waals surface area contributed by atoms with Crippen molar-refractivity contribution in [3.05, 3.63) is 188 Å². The molecule has 0 N–H and O–H groups in total. The summed E-state index contributed by atoms with van der Waals surface area (Å²) in [7, 11) is 0. The minimum atomic E-state index is 0.588. The number of fused-ring (bicyclic) bond motifs is 6.